The summed E-state index contributed by atoms with van der Waals surface area (Å²) in [6, 6.07) is 6.02. The van der Waals surface area contributed by atoms with Gasteiger partial charge in [0, 0.05) is 40.2 Å². The minimum absolute atomic E-state index is 0.151. The fraction of sp³-hybridized carbons (Fsp3) is 0.567. The van der Waals surface area contributed by atoms with Crippen molar-refractivity contribution in [1.29, 1.82) is 0 Å². The lowest BCUT2D eigenvalue weighted by Gasteiger charge is -2.44. The van der Waals surface area contributed by atoms with Crippen molar-refractivity contribution in [1.82, 2.24) is 9.80 Å². The van der Waals surface area contributed by atoms with Crippen LogP contribution in [0.25, 0.3) is 0 Å². The molecule has 3 aliphatic carbocycles. The summed E-state index contributed by atoms with van der Waals surface area (Å²) in [5.74, 6) is 2.27. The van der Waals surface area contributed by atoms with E-state index in [0.717, 1.165) is 50.5 Å². The molecule has 0 unspecified atom stereocenters. The van der Waals surface area contributed by atoms with Crippen molar-refractivity contribution in [2.45, 2.75) is 57.8 Å². The van der Waals surface area contributed by atoms with Crippen LogP contribution in [0.1, 0.15) is 62.5 Å². The monoisotopic (exact) mass is 524 g/mol. The lowest BCUT2D eigenvalue weighted by atomic mass is 9.60. The number of rotatable bonds is 7. The van der Waals surface area contributed by atoms with Gasteiger partial charge in [0.1, 0.15) is 11.5 Å². The minimum Gasteiger partial charge on any atom is -0.463 e. The Balaban J connectivity index is 1.53. The normalized spacial score (nSPS) is 23.8. The van der Waals surface area contributed by atoms with Crippen LogP contribution < -0.4 is 4.74 Å². The number of amides is 2. The summed E-state index contributed by atoms with van der Waals surface area (Å²) >= 11 is 0. The molecule has 0 spiro atoms. The third kappa shape index (κ3) is 6.05. The second kappa shape index (κ2) is 12.0. The van der Waals surface area contributed by atoms with Crippen molar-refractivity contribution in [2.75, 3.05) is 34.8 Å². The van der Waals surface area contributed by atoms with Crippen molar-refractivity contribution in [2.24, 2.45) is 17.8 Å². The zero-order valence-corrected chi connectivity index (χ0v) is 23.2. The molecular weight excluding hydrogens is 484 g/mol. The number of hydrogen-bond acceptors (Lipinski definition) is 6. The number of nitrogens with zero attached hydrogens (tertiary/aromatic N) is 2. The van der Waals surface area contributed by atoms with Crippen LogP contribution in [0.5, 0.6) is 5.75 Å². The Morgan fingerprint density at radius 1 is 0.947 bits per heavy atom. The van der Waals surface area contributed by atoms with Gasteiger partial charge in [-0.15, -0.1) is 0 Å². The maximum atomic E-state index is 12.5. The zero-order valence-electron chi connectivity index (χ0n) is 23.2. The first-order valence-corrected chi connectivity index (χ1v) is 13.7. The SMILES string of the molecule is CCCCOC(=O)/C=C/C1=C(OC(=O)N(C)C)[C@H]2CC[C@@H]3c4ccc(OC(=O)N(C)C)cc4CC[C@H]3[C@@H]2C1. The molecule has 1 aromatic rings. The first kappa shape index (κ1) is 27.7. The summed E-state index contributed by atoms with van der Waals surface area (Å²) in [7, 11) is 6.69. The number of unbranched alkanes of at least 4 members (excludes halogenated alkanes) is 1. The highest BCUT2D eigenvalue weighted by Gasteiger charge is 2.48. The standard InChI is InChI=1S/C30H40N2O6/c1-6-7-16-36-27(33)15-9-20-18-26-24-11-8-19-17-21(37-29(34)31(2)3)10-12-22(19)23(24)13-14-25(26)28(20)38-30(35)32(4)5/h9-10,12,15,17,23-26H,6-8,11,13-14,16,18H2,1-5H3/b15-9+/t23-,24-,25+,26+/m1/s1. The highest BCUT2D eigenvalue weighted by molar-refractivity contribution is 5.82. The number of esters is 1. The van der Waals surface area contributed by atoms with Gasteiger partial charge in [-0.1, -0.05) is 19.4 Å². The largest absolute Gasteiger partial charge is 0.463 e. The van der Waals surface area contributed by atoms with E-state index >= 15 is 0 Å². The molecule has 1 fully saturated rings. The van der Waals surface area contributed by atoms with Gasteiger partial charge in [0.25, 0.3) is 0 Å². The molecule has 0 heterocycles. The van der Waals surface area contributed by atoms with Gasteiger partial charge < -0.3 is 24.0 Å². The topological polar surface area (TPSA) is 85.4 Å². The van der Waals surface area contributed by atoms with E-state index in [1.807, 2.05) is 12.1 Å². The molecule has 0 aliphatic heterocycles. The van der Waals surface area contributed by atoms with Crippen molar-refractivity contribution in [3.05, 3.63) is 52.8 Å². The van der Waals surface area contributed by atoms with Gasteiger partial charge >= 0.3 is 18.2 Å². The molecule has 0 N–H and O–H groups in total. The third-order valence-corrected chi connectivity index (χ3v) is 8.04. The van der Waals surface area contributed by atoms with E-state index in [0.29, 0.717) is 35.9 Å². The zero-order chi connectivity index (χ0) is 27.4. The van der Waals surface area contributed by atoms with Gasteiger partial charge in [-0.25, -0.2) is 14.4 Å². The molecule has 8 nitrogen and oxygen atoms in total. The molecule has 0 bridgehead atoms. The molecule has 4 rings (SSSR count). The number of aryl methyl sites for hydroxylation is 1. The molecule has 8 heteroatoms. The number of benzene rings is 1. The van der Waals surface area contributed by atoms with E-state index in [2.05, 4.69) is 13.0 Å². The molecule has 2 amide bonds. The van der Waals surface area contributed by atoms with Crippen LogP contribution in [0.15, 0.2) is 41.7 Å². The Kier molecular flexibility index (Phi) is 8.80. The molecule has 1 saturated carbocycles. The number of carbonyl (C=O) groups excluding carboxylic acids is 3. The highest BCUT2D eigenvalue weighted by atomic mass is 16.6. The van der Waals surface area contributed by atoms with Gasteiger partial charge in [0.05, 0.1) is 6.61 Å². The number of carbonyl (C=O) groups is 3. The van der Waals surface area contributed by atoms with Crippen LogP contribution in [0.4, 0.5) is 9.59 Å². The van der Waals surface area contributed by atoms with Crippen molar-refractivity contribution >= 4 is 18.2 Å². The second-order valence-electron chi connectivity index (χ2n) is 11.0. The molecule has 4 atom stereocenters. The summed E-state index contributed by atoms with van der Waals surface area (Å²) in [5, 5.41) is 0. The molecule has 206 valence electrons. The Bertz CT molecular complexity index is 1120. The Morgan fingerprint density at radius 2 is 1.66 bits per heavy atom. The van der Waals surface area contributed by atoms with E-state index in [4.69, 9.17) is 14.2 Å². The number of hydrogen-bond donors (Lipinski definition) is 0. The number of ether oxygens (including phenoxy) is 3. The van der Waals surface area contributed by atoms with Gasteiger partial charge in [-0.05, 0) is 91.2 Å². The van der Waals surface area contributed by atoms with Gasteiger partial charge in [0.15, 0.2) is 0 Å². The lowest BCUT2D eigenvalue weighted by Crippen LogP contribution is -2.36. The van der Waals surface area contributed by atoms with Crippen LogP contribution in [-0.4, -0.2) is 62.8 Å². The summed E-state index contributed by atoms with van der Waals surface area (Å²) in [6.45, 7) is 2.46. The third-order valence-electron chi connectivity index (χ3n) is 8.04. The molecule has 0 radical (unpaired) electrons. The summed E-state index contributed by atoms with van der Waals surface area (Å²) in [5.41, 5.74) is 3.49. The van der Waals surface area contributed by atoms with E-state index < -0.39 is 6.09 Å². The minimum atomic E-state index is -0.395. The van der Waals surface area contributed by atoms with Crippen LogP contribution in [-0.2, 0) is 20.7 Å². The maximum absolute atomic E-state index is 12.5. The fourth-order valence-electron chi connectivity index (χ4n) is 6.15. The highest BCUT2D eigenvalue weighted by Crippen LogP contribution is 2.57. The van der Waals surface area contributed by atoms with E-state index in [1.165, 1.54) is 27.0 Å². The summed E-state index contributed by atoms with van der Waals surface area (Å²) in [4.78, 5) is 39.6. The Hall–Kier alpha value is -3.29. The van der Waals surface area contributed by atoms with Gasteiger partial charge in [0.2, 0.25) is 0 Å². The lowest BCUT2D eigenvalue weighted by molar-refractivity contribution is -0.137. The number of allylic oxidation sites excluding steroid dienone is 3. The van der Waals surface area contributed by atoms with Crippen LogP contribution in [0, 0.1) is 17.8 Å². The maximum Gasteiger partial charge on any atom is 0.414 e. The molecule has 3 aliphatic rings. The smallest absolute Gasteiger partial charge is 0.414 e. The van der Waals surface area contributed by atoms with E-state index in [-0.39, 0.29) is 18.0 Å². The predicted molar refractivity (Wildman–Crippen MR) is 144 cm³/mol. The Labute approximate surface area is 225 Å². The first-order valence-electron chi connectivity index (χ1n) is 13.7. The average Bonchev–Trinajstić information content (AvgIpc) is 3.24. The molecule has 0 saturated heterocycles. The van der Waals surface area contributed by atoms with Crippen molar-refractivity contribution in [3.8, 4) is 5.75 Å². The first-order chi connectivity index (χ1) is 18.2. The predicted octanol–water partition coefficient (Wildman–Crippen LogP) is 5.67. The Morgan fingerprint density at radius 3 is 2.37 bits per heavy atom. The molecular formula is C30H40N2O6. The summed E-state index contributed by atoms with van der Waals surface area (Å²) < 4.78 is 16.7. The van der Waals surface area contributed by atoms with Crippen LogP contribution >= 0.6 is 0 Å². The fourth-order valence-corrected chi connectivity index (χ4v) is 6.15. The molecule has 1 aromatic carbocycles. The van der Waals surface area contributed by atoms with Crippen LogP contribution in [0.3, 0.4) is 0 Å². The average molecular weight is 525 g/mol. The van der Waals surface area contributed by atoms with E-state index in [9.17, 15) is 14.4 Å². The van der Waals surface area contributed by atoms with E-state index in [1.54, 1.807) is 34.3 Å². The summed E-state index contributed by atoms with van der Waals surface area (Å²) in [6.07, 6.45) is 8.90. The second-order valence-corrected chi connectivity index (χ2v) is 11.0. The van der Waals surface area contributed by atoms with Crippen LogP contribution in [0.2, 0.25) is 0 Å². The van der Waals surface area contributed by atoms with Gasteiger partial charge in [-0.2, -0.15) is 0 Å². The van der Waals surface area contributed by atoms with Crippen molar-refractivity contribution in [3.63, 3.8) is 0 Å². The van der Waals surface area contributed by atoms with Crippen molar-refractivity contribution < 1.29 is 28.6 Å². The quantitative estimate of drug-likeness (QED) is 0.259. The number of fused-ring (bicyclic) bond motifs is 5. The molecule has 0 aromatic heterocycles. The molecule has 38 heavy (non-hydrogen) atoms. The van der Waals surface area contributed by atoms with Gasteiger partial charge in [-0.3, -0.25) is 0 Å².